The van der Waals surface area contributed by atoms with E-state index in [4.69, 9.17) is 0 Å². The number of amides is 1. The predicted octanol–water partition coefficient (Wildman–Crippen LogP) is 1.93. The third kappa shape index (κ3) is 2.30. The highest BCUT2D eigenvalue weighted by molar-refractivity contribution is 5.82. The van der Waals surface area contributed by atoms with Gasteiger partial charge in [-0.15, -0.1) is 10.2 Å². The lowest BCUT2D eigenvalue weighted by Gasteiger charge is -2.33. The highest BCUT2D eigenvalue weighted by atomic mass is 16.2. The number of rotatable bonds is 4. The van der Waals surface area contributed by atoms with E-state index in [0.29, 0.717) is 24.8 Å². The number of H-pyrrole nitrogens is 1. The number of nitrogens with one attached hydrogen (secondary N) is 1. The van der Waals surface area contributed by atoms with Gasteiger partial charge in [0, 0.05) is 12.2 Å². The van der Waals surface area contributed by atoms with Crippen LogP contribution in [0.15, 0.2) is 6.33 Å². The summed E-state index contributed by atoms with van der Waals surface area (Å²) in [6.45, 7) is 9.40. The highest BCUT2D eigenvalue weighted by Gasteiger charge is 2.36. The fraction of sp³-hybridized carbons (Fsp3) is 0.600. The first-order chi connectivity index (χ1) is 10.5. The Morgan fingerprint density at radius 1 is 1.41 bits per heavy atom. The molecule has 0 unspecified atom stereocenters. The molecule has 7 heteroatoms. The first-order valence-corrected chi connectivity index (χ1v) is 7.75. The average Bonchev–Trinajstić information content (AvgIpc) is 3.06. The number of hydrogen-bond acceptors (Lipinski definition) is 4. The number of imidazole rings is 1. The van der Waals surface area contributed by atoms with Crippen molar-refractivity contribution in [1.82, 2.24) is 29.6 Å². The van der Waals surface area contributed by atoms with Crippen molar-refractivity contribution < 1.29 is 4.79 Å². The Balaban J connectivity index is 2.11. The van der Waals surface area contributed by atoms with Crippen LogP contribution in [0.3, 0.4) is 0 Å². The van der Waals surface area contributed by atoms with Gasteiger partial charge >= 0.3 is 0 Å². The molecule has 1 N–H and O–H groups in total. The standard InChI is InChI=1S/C15H22N6O/c1-5-20-7-12-18-19-14(13-10(4)16-8-17-13)21(12)11(15(20)22)6-9(2)3/h8-9,11H,5-7H2,1-4H3,(H,16,17)/t11-/m0/s1. The van der Waals surface area contributed by atoms with Gasteiger partial charge in [-0.2, -0.15) is 0 Å². The zero-order valence-corrected chi connectivity index (χ0v) is 13.5. The minimum absolute atomic E-state index is 0.151. The van der Waals surface area contributed by atoms with Crippen molar-refractivity contribution in [3.8, 4) is 11.5 Å². The van der Waals surface area contributed by atoms with Crippen molar-refractivity contribution in [2.75, 3.05) is 6.54 Å². The highest BCUT2D eigenvalue weighted by Crippen LogP contribution is 2.32. The first-order valence-electron chi connectivity index (χ1n) is 7.75. The van der Waals surface area contributed by atoms with Crippen LogP contribution in [0.2, 0.25) is 0 Å². The molecule has 0 saturated heterocycles. The lowest BCUT2D eigenvalue weighted by molar-refractivity contribution is -0.137. The molecule has 1 atom stereocenters. The zero-order chi connectivity index (χ0) is 15.9. The Morgan fingerprint density at radius 2 is 2.18 bits per heavy atom. The molecule has 0 spiro atoms. The average molecular weight is 302 g/mol. The summed E-state index contributed by atoms with van der Waals surface area (Å²) < 4.78 is 1.98. The lowest BCUT2D eigenvalue weighted by atomic mass is 10.0. The van der Waals surface area contributed by atoms with Crippen molar-refractivity contribution in [3.05, 3.63) is 17.8 Å². The maximum Gasteiger partial charge on any atom is 0.246 e. The first kappa shape index (κ1) is 14.7. The van der Waals surface area contributed by atoms with Crippen LogP contribution >= 0.6 is 0 Å². The SMILES string of the molecule is CCN1Cc2nnc(-c3nc[nH]c3C)n2[C@@H](CC(C)C)C1=O. The van der Waals surface area contributed by atoms with Crippen LogP contribution in [0.5, 0.6) is 0 Å². The van der Waals surface area contributed by atoms with Crippen molar-refractivity contribution in [2.45, 2.75) is 46.7 Å². The fourth-order valence-corrected chi connectivity index (χ4v) is 2.99. The van der Waals surface area contributed by atoms with Gasteiger partial charge < -0.3 is 9.88 Å². The number of aromatic amines is 1. The molecule has 3 rings (SSSR count). The summed E-state index contributed by atoms with van der Waals surface area (Å²) in [6.07, 6.45) is 2.42. The molecule has 1 aliphatic rings. The van der Waals surface area contributed by atoms with Crippen molar-refractivity contribution in [3.63, 3.8) is 0 Å². The Kier molecular flexibility index (Phi) is 3.72. The van der Waals surface area contributed by atoms with Crippen LogP contribution in [-0.4, -0.2) is 42.1 Å². The summed E-state index contributed by atoms with van der Waals surface area (Å²) in [5, 5.41) is 8.62. The molecular weight excluding hydrogens is 280 g/mol. The van der Waals surface area contributed by atoms with Gasteiger partial charge in [-0.1, -0.05) is 13.8 Å². The molecule has 2 aromatic heterocycles. The third-order valence-electron chi connectivity index (χ3n) is 4.13. The van der Waals surface area contributed by atoms with E-state index in [0.717, 1.165) is 23.6 Å². The number of hydrogen-bond donors (Lipinski definition) is 1. The summed E-state index contributed by atoms with van der Waals surface area (Å²) in [6, 6.07) is -0.246. The Labute approximate surface area is 129 Å². The van der Waals surface area contributed by atoms with Gasteiger partial charge in [0.1, 0.15) is 11.7 Å². The molecule has 2 aromatic rings. The van der Waals surface area contributed by atoms with Crippen LogP contribution in [0.1, 0.15) is 44.8 Å². The van der Waals surface area contributed by atoms with Gasteiger partial charge in [-0.25, -0.2) is 4.98 Å². The number of aromatic nitrogens is 5. The van der Waals surface area contributed by atoms with Crippen molar-refractivity contribution >= 4 is 5.91 Å². The molecule has 0 aromatic carbocycles. The molecule has 7 nitrogen and oxygen atoms in total. The third-order valence-corrected chi connectivity index (χ3v) is 4.13. The maximum absolute atomic E-state index is 12.8. The molecule has 0 aliphatic carbocycles. The Bertz CT molecular complexity index is 686. The van der Waals surface area contributed by atoms with Gasteiger partial charge in [0.2, 0.25) is 5.91 Å². The number of nitrogens with zero attached hydrogens (tertiary/aromatic N) is 5. The largest absolute Gasteiger partial charge is 0.348 e. The van der Waals surface area contributed by atoms with Gasteiger partial charge in [0.25, 0.3) is 0 Å². The zero-order valence-electron chi connectivity index (χ0n) is 13.5. The molecular formula is C15H22N6O. The normalized spacial score (nSPS) is 18.1. The topological polar surface area (TPSA) is 79.7 Å². The fourth-order valence-electron chi connectivity index (χ4n) is 2.99. The van der Waals surface area contributed by atoms with Crippen LogP contribution in [0, 0.1) is 12.8 Å². The molecule has 0 radical (unpaired) electrons. The molecule has 0 fully saturated rings. The van der Waals surface area contributed by atoms with Crippen molar-refractivity contribution in [1.29, 1.82) is 0 Å². The van der Waals surface area contributed by atoms with E-state index in [1.165, 1.54) is 0 Å². The van der Waals surface area contributed by atoms with E-state index in [9.17, 15) is 4.79 Å². The van der Waals surface area contributed by atoms with Gasteiger partial charge in [-0.3, -0.25) is 9.36 Å². The number of aryl methyl sites for hydroxylation is 1. The van der Waals surface area contributed by atoms with Gasteiger partial charge in [0.05, 0.1) is 12.9 Å². The molecule has 118 valence electrons. The van der Waals surface area contributed by atoms with Crippen LogP contribution in [0.25, 0.3) is 11.5 Å². The van der Waals surface area contributed by atoms with E-state index >= 15 is 0 Å². The van der Waals surface area contributed by atoms with E-state index in [-0.39, 0.29) is 11.9 Å². The molecule has 0 saturated carbocycles. The van der Waals surface area contributed by atoms with Crippen molar-refractivity contribution in [2.24, 2.45) is 5.92 Å². The Hall–Kier alpha value is -2.18. The molecule has 22 heavy (non-hydrogen) atoms. The summed E-state index contributed by atoms with van der Waals surface area (Å²) in [5.41, 5.74) is 1.70. The number of fused-ring (bicyclic) bond motifs is 1. The minimum atomic E-state index is -0.246. The molecule has 0 bridgehead atoms. The summed E-state index contributed by atoms with van der Waals surface area (Å²) >= 11 is 0. The summed E-state index contributed by atoms with van der Waals surface area (Å²) in [7, 11) is 0. The van der Waals surface area contributed by atoms with Gasteiger partial charge in [0.15, 0.2) is 11.6 Å². The number of likely N-dealkylation sites (N-methyl/N-ethyl adjacent to an activating group) is 1. The quantitative estimate of drug-likeness (QED) is 0.936. The number of carbonyl (C=O) groups excluding carboxylic acids is 1. The summed E-state index contributed by atoms with van der Waals surface area (Å²) in [4.78, 5) is 22.0. The van der Waals surface area contributed by atoms with E-state index in [1.807, 2.05) is 23.3 Å². The van der Waals surface area contributed by atoms with E-state index in [1.54, 1.807) is 6.33 Å². The summed E-state index contributed by atoms with van der Waals surface area (Å²) in [5.74, 6) is 2.08. The van der Waals surface area contributed by atoms with Gasteiger partial charge in [-0.05, 0) is 26.2 Å². The molecule has 1 amide bonds. The number of carbonyl (C=O) groups is 1. The second-order valence-corrected chi connectivity index (χ2v) is 6.18. The molecule has 1 aliphatic heterocycles. The smallest absolute Gasteiger partial charge is 0.246 e. The van der Waals surface area contributed by atoms with Crippen LogP contribution < -0.4 is 0 Å². The Morgan fingerprint density at radius 3 is 2.77 bits per heavy atom. The van der Waals surface area contributed by atoms with Crippen LogP contribution in [-0.2, 0) is 11.3 Å². The second-order valence-electron chi connectivity index (χ2n) is 6.18. The van der Waals surface area contributed by atoms with Crippen LogP contribution in [0.4, 0.5) is 0 Å². The predicted molar refractivity (Wildman–Crippen MR) is 81.9 cm³/mol. The van der Waals surface area contributed by atoms with E-state index in [2.05, 4.69) is 34.0 Å². The minimum Gasteiger partial charge on any atom is -0.348 e. The second kappa shape index (κ2) is 5.55. The van der Waals surface area contributed by atoms with E-state index < -0.39 is 0 Å². The lowest BCUT2D eigenvalue weighted by Crippen LogP contribution is -2.43. The molecule has 3 heterocycles. The maximum atomic E-state index is 12.8. The monoisotopic (exact) mass is 302 g/mol.